The van der Waals surface area contributed by atoms with Crippen molar-refractivity contribution in [3.8, 4) is 5.75 Å². The van der Waals surface area contributed by atoms with Crippen molar-refractivity contribution in [1.82, 2.24) is 0 Å². The van der Waals surface area contributed by atoms with Gasteiger partial charge in [-0.1, -0.05) is 0 Å². The van der Waals surface area contributed by atoms with Gasteiger partial charge in [-0.3, -0.25) is 0 Å². The van der Waals surface area contributed by atoms with Crippen LogP contribution in [0.5, 0.6) is 5.75 Å². The van der Waals surface area contributed by atoms with Crippen LogP contribution in [0.2, 0.25) is 0 Å². The molecule has 0 bridgehead atoms. The minimum Gasteiger partial charge on any atom is -0.496 e. The highest BCUT2D eigenvalue weighted by molar-refractivity contribution is 6.25. The van der Waals surface area contributed by atoms with E-state index in [2.05, 4.69) is 76.2 Å². The van der Waals surface area contributed by atoms with Gasteiger partial charge in [0.05, 0.1) is 7.11 Å². The van der Waals surface area contributed by atoms with E-state index in [4.69, 9.17) is 4.74 Å². The highest BCUT2D eigenvalue weighted by Gasteiger charge is 2.24. The molecule has 0 amide bonds. The fraction of sp³-hybridized carbons (Fsp3) is 0.400. The Morgan fingerprint density at radius 2 is 0.548 bits per heavy atom. The highest BCUT2D eigenvalue weighted by Crippen LogP contribution is 2.47. The largest absolute Gasteiger partial charge is 0.496 e. The molecule has 0 atom stereocenters. The first kappa shape index (κ1) is 21.7. The number of methoxy groups -OCH3 is 1. The molecule has 0 saturated carbocycles. The molecule has 4 aromatic rings. The standard InChI is InChI=1S/C30H36O/c1-13-14(2)16(4)26-24(15(13)3)17(5)20(8)28-27(26)19(7)18(6)25-21(9)22(10)30(31-12)23(11)29(25)28/h1-12H3. The summed E-state index contributed by atoms with van der Waals surface area (Å²) < 4.78 is 5.92. The number of ether oxygens (including phenoxy) is 1. The summed E-state index contributed by atoms with van der Waals surface area (Å²) >= 11 is 0. The Labute approximate surface area is 187 Å². The van der Waals surface area contributed by atoms with Gasteiger partial charge in [0.2, 0.25) is 0 Å². The molecule has 4 aromatic carbocycles. The van der Waals surface area contributed by atoms with Crippen LogP contribution < -0.4 is 4.74 Å². The predicted octanol–water partition coefficient (Wildman–Crippen LogP) is 8.55. The molecule has 0 N–H and O–H groups in total. The van der Waals surface area contributed by atoms with Gasteiger partial charge in [-0.2, -0.15) is 0 Å². The van der Waals surface area contributed by atoms with Gasteiger partial charge in [-0.15, -0.1) is 0 Å². The van der Waals surface area contributed by atoms with Gasteiger partial charge in [-0.25, -0.2) is 0 Å². The van der Waals surface area contributed by atoms with Crippen LogP contribution in [0.15, 0.2) is 0 Å². The second-order valence-corrected chi connectivity index (χ2v) is 9.66. The summed E-state index contributed by atoms with van der Waals surface area (Å²) in [5.74, 6) is 1.03. The van der Waals surface area contributed by atoms with Crippen LogP contribution in [0.4, 0.5) is 0 Å². The maximum atomic E-state index is 5.92. The van der Waals surface area contributed by atoms with Crippen molar-refractivity contribution in [3.63, 3.8) is 0 Å². The number of hydrogen-bond donors (Lipinski definition) is 0. The first-order chi connectivity index (χ1) is 14.5. The molecule has 0 saturated heterocycles. The summed E-state index contributed by atoms with van der Waals surface area (Å²) in [6.45, 7) is 25.1. The van der Waals surface area contributed by atoms with Crippen molar-refractivity contribution in [2.24, 2.45) is 0 Å². The lowest BCUT2D eigenvalue weighted by molar-refractivity contribution is 0.409. The SMILES string of the molecule is COc1c(C)c(C)c2c(C)c(C)c3c4c(C)c(C)c(C)c(C)c4c(C)c(C)c3c2c1C. The fourth-order valence-corrected chi connectivity index (χ4v) is 6.06. The molecule has 1 nitrogen and oxygen atoms in total. The van der Waals surface area contributed by atoms with E-state index in [-0.39, 0.29) is 0 Å². The minimum absolute atomic E-state index is 1.03. The molecule has 0 radical (unpaired) electrons. The molecule has 0 spiro atoms. The summed E-state index contributed by atoms with van der Waals surface area (Å²) in [6, 6.07) is 0. The van der Waals surface area contributed by atoms with Gasteiger partial charge in [0, 0.05) is 0 Å². The molecule has 0 aliphatic rings. The molecule has 4 rings (SSSR count). The lowest BCUT2D eigenvalue weighted by Crippen LogP contribution is -2.04. The molecular formula is C30H36O. The van der Waals surface area contributed by atoms with E-state index in [1.165, 1.54) is 93.5 Å². The average Bonchev–Trinajstić information content (AvgIpc) is 2.73. The van der Waals surface area contributed by atoms with Crippen molar-refractivity contribution < 1.29 is 4.74 Å². The Balaban J connectivity index is 2.55. The third-order valence-electron chi connectivity index (χ3n) is 8.51. The van der Waals surface area contributed by atoms with E-state index in [1.54, 1.807) is 7.11 Å². The van der Waals surface area contributed by atoms with E-state index >= 15 is 0 Å². The molecule has 0 unspecified atom stereocenters. The quantitative estimate of drug-likeness (QED) is 0.285. The van der Waals surface area contributed by atoms with Gasteiger partial charge < -0.3 is 4.74 Å². The zero-order valence-corrected chi connectivity index (χ0v) is 21.4. The molecule has 162 valence electrons. The van der Waals surface area contributed by atoms with Crippen LogP contribution in [0, 0.1) is 76.2 Å². The predicted molar refractivity (Wildman–Crippen MR) is 138 cm³/mol. The number of rotatable bonds is 1. The second-order valence-electron chi connectivity index (χ2n) is 9.66. The van der Waals surface area contributed by atoms with Crippen LogP contribution in [0.1, 0.15) is 61.2 Å². The van der Waals surface area contributed by atoms with Crippen molar-refractivity contribution in [3.05, 3.63) is 61.2 Å². The number of fused-ring (bicyclic) bond motifs is 5. The third-order valence-corrected chi connectivity index (χ3v) is 8.51. The zero-order chi connectivity index (χ0) is 23.1. The van der Waals surface area contributed by atoms with E-state index in [1.807, 2.05) is 0 Å². The van der Waals surface area contributed by atoms with Gasteiger partial charge in [0.25, 0.3) is 0 Å². The summed E-state index contributed by atoms with van der Waals surface area (Å²) in [4.78, 5) is 0. The van der Waals surface area contributed by atoms with Crippen molar-refractivity contribution >= 4 is 32.3 Å². The average molecular weight is 413 g/mol. The Morgan fingerprint density at radius 3 is 0.968 bits per heavy atom. The maximum absolute atomic E-state index is 5.92. The Hall–Kier alpha value is -2.54. The Morgan fingerprint density at radius 1 is 0.290 bits per heavy atom. The Bertz CT molecular complexity index is 1450. The summed E-state index contributed by atoms with van der Waals surface area (Å²) in [7, 11) is 1.80. The van der Waals surface area contributed by atoms with Crippen molar-refractivity contribution in [2.75, 3.05) is 7.11 Å². The first-order valence-corrected chi connectivity index (χ1v) is 11.4. The normalized spacial score (nSPS) is 11.9. The topological polar surface area (TPSA) is 9.23 Å². The molecule has 0 aromatic heterocycles. The van der Waals surface area contributed by atoms with Crippen LogP contribution in [0.25, 0.3) is 32.3 Å². The lowest BCUT2D eigenvalue weighted by atomic mass is 9.79. The van der Waals surface area contributed by atoms with Crippen LogP contribution in [0.3, 0.4) is 0 Å². The maximum Gasteiger partial charge on any atom is 0.125 e. The van der Waals surface area contributed by atoms with Crippen LogP contribution >= 0.6 is 0 Å². The monoisotopic (exact) mass is 412 g/mol. The van der Waals surface area contributed by atoms with Gasteiger partial charge in [-0.05, 0) is 170 Å². The molecule has 1 heteroatoms. The van der Waals surface area contributed by atoms with E-state index in [0.717, 1.165) is 5.75 Å². The summed E-state index contributed by atoms with van der Waals surface area (Å²) in [6.07, 6.45) is 0. The first-order valence-electron chi connectivity index (χ1n) is 11.4. The minimum atomic E-state index is 1.03. The zero-order valence-electron chi connectivity index (χ0n) is 21.4. The smallest absolute Gasteiger partial charge is 0.125 e. The molecular weight excluding hydrogens is 376 g/mol. The summed E-state index contributed by atoms with van der Waals surface area (Å²) in [5.41, 5.74) is 15.1. The number of benzene rings is 4. The number of hydrogen-bond acceptors (Lipinski definition) is 1. The third kappa shape index (κ3) is 2.56. The van der Waals surface area contributed by atoms with Crippen molar-refractivity contribution in [2.45, 2.75) is 76.2 Å². The molecule has 0 fully saturated rings. The van der Waals surface area contributed by atoms with Crippen LogP contribution in [-0.4, -0.2) is 7.11 Å². The van der Waals surface area contributed by atoms with E-state index in [9.17, 15) is 0 Å². The molecule has 0 aliphatic carbocycles. The van der Waals surface area contributed by atoms with Crippen molar-refractivity contribution in [1.29, 1.82) is 0 Å². The Kier molecular flexibility index (Phi) is 4.89. The van der Waals surface area contributed by atoms with Gasteiger partial charge >= 0.3 is 0 Å². The van der Waals surface area contributed by atoms with Gasteiger partial charge in [0.1, 0.15) is 5.75 Å². The fourth-order valence-electron chi connectivity index (χ4n) is 6.06. The lowest BCUT2D eigenvalue weighted by Gasteiger charge is -2.26. The number of aryl methyl sites for hydroxylation is 8. The highest BCUT2D eigenvalue weighted by atomic mass is 16.5. The van der Waals surface area contributed by atoms with E-state index < -0.39 is 0 Å². The molecule has 0 heterocycles. The van der Waals surface area contributed by atoms with E-state index in [0.29, 0.717) is 0 Å². The second kappa shape index (κ2) is 6.99. The summed E-state index contributed by atoms with van der Waals surface area (Å²) in [5, 5.41) is 8.50. The van der Waals surface area contributed by atoms with Crippen LogP contribution in [-0.2, 0) is 0 Å². The van der Waals surface area contributed by atoms with Gasteiger partial charge in [0.15, 0.2) is 0 Å². The molecule has 0 aliphatic heterocycles. The molecule has 31 heavy (non-hydrogen) atoms.